The lowest BCUT2D eigenvalue weighted by Crippen LogP contribution is -2.39. The van der Waals surface area contributed by atoms with Crippen LogP contribution in [-0.4, -0.2) is 28.5 Å². The van der Waals surface area contributed by atoms with E-state index in [1.54, 1.807) is 42.3 Å². The molecule has 2 heterocycles. The highest BCUT2D eigenvalue weighted by Gasteiger charge is 2.28. The van der Waals surface area contributed by atoms with Gasteiger partial charge in [0.05, 0.1) is 11.3 Å². The van der Waals surface area contributed by atoms with Gasteiger partial charge in [0.2, 0.25) is 0 Å². The van der Waals surface area contributed by atoms with Gasteiger partial charge in [-0.3, -0.25) is 9.59 Å². The molecule has 1 saturated heterocycles. The van der Waals surface area contributed by atoms with Crippen molar-refractivity contribution in [3.8, 4) is 0 Å². The van der Waals surface area contributed by atoms with Gasteiger partial charge in [0.1, 0.15) is 10.8 Å². The van der Waals surface area contributed by atoms with E-state index >= 15 is 0 Å². The van der Waals surface area contributed by atoms with Gasteiger partial charge in [0, 0.05) is 37.0 Å². The Balaban J connectivity index is 1.59. The van der Waals surface area contributed by atoms with Crippen molar-refractivity contribution in [1.29, 1.82) is 0 Å². The summed E-state index contributed by atoms with van der Waals surface area (Å²) in [5.74, 6) is -0.180. The molecule has 0 aliphatic carbocycles. The first-order chi connectivity index (χ1) is 15.7. The number of rotatable bonds is 4. The van der Waals surface area contributed by atoms with Gasteiger partial charge in [-0.1, -0.05) is 35.3 Å². The van der Waals surface area contributed by atoms with Crippen molar-refractivity contribution in [2.45, 2.75) is 25.7 Å². The van der Waals surface area contributed by atoms with E-state index in [4.69, 9.17) is 23.2 Å². The van der Waals surface area contributed by atoms with Crippen molar-refractivity contribution in [3.05, 3.63) is 91.6 Å². The maximum atomic E-state index is 13.5. The number of pyridine rings is 1. The summed E-state index contributed by atoms with van der Waals surface area (Å²) in [7, 11) is 1.57. The number of halogens is 3. The number of hydrogen-bond donors (Lipinski definition) is 1. The minimum atomic E-state index is -0.391. The smallest absolute Gasteiger partial charge is 0.271 e. The lowest BCUT2D eigenvalue weighted by Gasteiger charge is -2.33. The molecule has 2 aromatic carbocycles. The van der Waals surface area contributed by atoms with Gasteiger partial charge in [0.25, 0.3) is 11.5 Å². The Kier molecular flexibility index (Phi) is 6.77. The SMILES string of the molecule is Cc1cc(Cl)ccc1Nc1c(C(=O)N2CCC(c3ccc(F)cc3)CC2)cn(C)c(=O)c1Cl. The zero-order chi connectivity index (χ0) is 23.7. The van der Waals surface area contributed by atoms with E-state index in [0.29, 0.717) is 29.4 Å². The third kappa shape index (κ3) is 4.92. The number of likely N-dealkylation sites (tertiary alicyclic amines) is 1. The standard InChI is InChI=1S/C25H24Cl2FN3O2/c1-15-13-18(26)5-8-21(15)29-23-20(14-30(2)25(33)22(23)27)24(32)31-11-9-17(10-12-31)16-3-6-19(28)7-4-16/h3-8,13-14,17,29H,9-12H2,1-2H3. The molecule has 1 aliphatic rings. The van der Waals surface area contributed by atoms with Gasteiger partial charge in [-0.15, -0.1) is 0 Å². The molecular formula is C25H24Cl2FN3O2. The molecule has 1 aromatic heterocycles. The Bertz CT molecular complexity index is 1250. The molecule has 5 nitrogen and oxygen atoms in total. The first kappa shape index (κ1) is 23.3. The topological polar surface area (TPSA) is 54.3 Å². The molecule has 1 fully saturated rings. The summed E-state index contributed by atoms with van der Waals surface area (Å²) < 4.78 is 14.6. The Morgan fingerprint density at radius 1 is 1.09 bits per heavy atom. The van der Waals surface area contributed by atoms with Crippen LogP contribution in [0.2, 0.25) is 10.0 Å². The van der Waals surface area contributed by atoms with Gasteiger partial charge in [0.15, 0.2) is 0 Å². The number of anilines is 2. The number of piperidine rings is 1. The highest BCUT2D eigenvalue weighted by molar-refractivity contribution is 6.34. The third-order valence-corrected chi connectivity index (χ3v) is 6.71. The third-order valence-electron chi connectivity index (χ3n) is 6.12. The molecule has 0 saturated carbocycles. The summed E-state index contributed by atoms with van der Waals surface area (Å²) in [5, 5.41) is 3.73. The van der Waals surface area contributed by atoms with Crippen LogP contribution in [0.4, 0.5) is 15.8 Å². The van der Waals surface area contributed by atoms with Crippen LogP contribution in [-0.2, 0) is 7.05 Å². The molecule has 1 amide bonds. The average molecular weight is 488 g/mol. The number of nitrogens with zero attached hydrogens (tertiary/aromatic N) is 2. The second kappa shape index (κ2) is 9.57. The molecule has 4 rings (SSSR count). The number of aryl methyl sites for hydroxylation is 2. The van der Waals surface area contributed by atoms with E-state index in [-0.39, 0.29) is 28.4 Å². The number of carbonyl (C=O) groups is 1. The lowest BCUT2D eigenvalue weighted by molar-refractivity contribution is 0.0713. The predicted octanol–water partition coefficient (Wildman–Crippen LogP) is 5.90. The largest absolute Gasteiger partial charge is 0.353 e. The molecule has 1 N–H and O–H groups in total. The minimum Gasteiger partial charge on any atom is -0.353 e. The zero-order valence-electron chi connectivity index (χ0n) is 18.4. The fraction of sp³-hybridized carbons (Fsp3) is 0.280. The predicted molar refractivity (Wildman–Crippen MR) is 130 cm³/mol. The van der Waals surface area contributed by atoms with Crippen LogP contribution in [0.3, 0.4) is 0 Å². The Morgan fingerprint density at radius 3 is 2.39 bits per heavy atom. The monoisotopic (exact) mass is 487 g/mol. The van der Waals surface area contributed by atoms with Crippen LogP contribution in [0.15, 0.2) is 53.5 Å². The normalized spacial score (nSPS) is 14.4. The number of nitrogens with one attached hydrogen (secondary N) is 1. The number of carbonyl (C=O) groups excluding carboxylic acids is 1. The molecule has 0 unspecified atom stereocenters. The van der Waals surface area contributed by atoms with E-state index < -0.39 is 5.56 Å². The van der Waals surface area contributed by atoms with Gasteiger partial charge < -0.3 is 14.8 Å². The molecule has 1 aliphatic heterocycles. The van der Waals surface area contributed by atoms with Gasteiger partial charge in [-0.2, -0.15) is 0 Å². The first-order valence-corrected chi connectivity index (χ1v) is 11.5. The van der Waals surface area contributed by atoms with Crippen LogP contribution in [0.25, 0.3) is 0 Å². The highest BCUT2D eigenvalue weighted by Crippen LogP contribution is 2.33. The number of aromatic nitrogens is 1. The highest BCUT2D eigenvalue weighted by atomic mass is 35.5. The fourth-order valence-corrected chi connectivity index (χ4v) is 4.71. The van der Waals surface area contributed by atoms with Crippen LogP contribution in [0, 0.1) is 12.7 Å². The average Bonchev–Trinajstić information content (AvgIpc) is 2.81. The van der Waals surface area contributed by atoms with Crippen molar-refractivity contribution in [2.75, 3.05) is 18.4 Å². The minimum absolute atomic E-state index is 0.0427. The summed E-state index contributed by atoms with van der Waals surface area (Å²) >= 11 is 12.5. The maximum Gasteiger partial charge on any atom is 0.271 e. The zero-order valence-corrected chi connectivity index (χ0v) is 19.9. The summed E-state index contributed by atoms with van der Waals surface area (Å²) in [4.78, 5) is 27.8. The molecule has 3 aromatic rings. The van der Waals surface area contributed by atoms with Crippen molar-refractivity contribution in [3.63, 3.8) is 0 Å². The molecular weight excluding hydrogens is 464 g/mol. The summed E-state index contributed by atoms with van der Waals surface area (Å²) in [6, 6.07) is 11.9. The van der Waals surface area contributed by atoms with Crippen molar-refractivity contribution < 1.29 is 9.18 Å². The van der Waals surface area contributed by atoms with Crippen LogP contribution >= 0.6 is 23.2 Å². The van der Waals surface area contributed by atoms with Gasteiger partial charge >= 0.3 is 0 Å². The van der Waals surface area contributed by atoms with Crippen molar-refractivity contribution in [2.24, 2.45) is 7.05 Å². The van der Waals surface area contributed by atoms with E-state index in [1.165, 1.54) is 22.9 Å². The van der Waals surface area contributed by atoms with Crippen molar-refractivity contribution >= 4 is 40.5 Å². The summed E-state index contributed by atoms with van der Waals surface area (Å²) in [5.41, 5.74) is 2.87. The van der Waals surface area contributed by atoms with Crippen LogP contribution < -0.4 is 10.9 Å². The second-order valence-electron chi connectivity index (χ2n) is 8.35. The number of benzene rings is 2. The number of hydrogen-bond acceptors (Lipinski definition) is 3. The van der Waals surface area contributed by atoms with E-state index in [2.05, 4.69) is 5.32 Å². The molecule has 0 radical (unpaired) electrons. The second-order valence-corrected chi connectivity index (χ2v) is 9.16. The molecule has 172 valence electrons. The van der Waals surface area contributed by atoms with Crippen LogP contribution in [0.1, 0.15) is 40.2 Å². The Labute approximate surface area is 201 Å². The fourth-order valence-electron chi connectivity index (χ4n) is 4.20. The first-order valence-electron chi connectivity index (χ1n) is 10.7. The van der Waals surface area contributed by atoms with E-state index in [0.717, 1.165) is 24.0 Å². The molecule has 0 atom stereocenters. The number of amides is 1. The Morgan fingerprint density at radius 2 is 1.76 bits per heavy atom. The maximum absolute atomic E-state index is 13.5. The summed E-state index contributed by atoms with van der Waals surface area (Å²) in [6.07, 6.45) is 3.07. The van der Waals surface area contributed by atoms with E-state index in [1.807, 2.05) is 6.92 Å². The molecule has 33 heavy (non-hydrogen) atoms. The lowest BCUT2D eigenvalue weighted by atomic mass is 9.89. The quantitative estimate of drug-likeness (QED) is 0.498. The molecule has 0 bridgehead atoms. The van der Waals surface area contributed by atoms with Crippen LogP contribution in [0.5, 0.6) is 0 Å². The Hall–Kier alpha value is -2.83. The van der Waals surface area contributed by atoms with Crippen molar-refractivity contribution in [1.82, 2.24) is 9.47 Å². The molecule has 0 spiro atoms. The molecule has 8 heteroatoms. The van der Waals surface area contributed by atoms with Gasteiger partial charge in [-0.05, 0) is 67.1 Å². The summed E-state index contributed by atoms with van der Waals surface area (Å²) in [6.45, 7) is 2.99. The van der Waals surface area contributed by atoms with Gasteiger partial charge in [-0.25, -0.2) is 4.39 Å². The van der Waals surface area contributed by atoms with E-state index in [9.17, 15) is 14.0 Å².